The Bertz CT molecular complexity index is 729. The Kier molecular flexibility index (Phi) is 7.93. The number of hydrogen-bond acceptors (Lipinski definition) is 5. The topological polar surface area (TPSA) is 74.3 Å². The number of hydrogen-bond donors (Lipinski definition) is 1. The lowest BCUT2D eigenvalue weighted by Gasteiger charge is -2.38. The molecule has 8 heteroatoms. The fourth-order valence-corrected chi connectivity index (χ4v) is 4.28. The summed E-state index contributed by atoms with van der Waals surface area (Å²) in [6, 6.07) is 7.35. The first kappa shape index (κ1) is 22.4. The molecule has 2 fully saturated rings. The highest BCUT2D eigenvalue weighted by Gasteiger charge is 2.31. The molecular weight excluding hydrogens is 384 g/mol. The van der Waals surface area contributed by atoms with Crippen molar-refractivity contribution in [1.82, 2.24) is 20.0 Å². The lowest BCUT2D eigenvalue weighted by molar-refractivity contribution is 0.00575. The third kappa shape index (κ3) is 5.23. The highest BCUT2D eigenvalue weighted by atomic mass is 16.5. The van der Waals surface area contributed by atoms with E-state index in [1.165, 1.54) is 0 Å². The van der Waals surface area contributed by atoms with Gasteiger partial charge in [0.25, 0.3) is 5.91 Å². The number of amides is 3. The summed E-state index contributed by atoms with van der Waals surface area (Å²) in [5, 5.41) is 3.12. The molecule has 1 aromatic carbocycles. The van der Waals surface area contributed by atoms with E-state index in [1.807, 2.05) is 28.9 Å². The largest absolute Gasteiger partial charge is 0.496 e. The fraction of sp³-hybridized carbons (Fsp3) is 0.636. The molecule has 8 nitrogen and oxygen atoms in total. The molecule has 3 rings (SSSR count). The Labute approximate surface area is 179 Å². The first-order chi connectivity index (χ1) is 14.6. The second kappa shape index (κ2) is 10.6. The normalized spacial score (nSPS) is 22.4. The van der Waals surface area contributed by atoms with Crippen LogP contribution in [0.2, 0.25) is 0 Å². The van der Waals surface area contributed by atoms with E-state index in [0.717, 1.165) is 58.7 Å². The number of likely N-dealkylation sites (N-methyl/N-ethyl adjacent to an activating group) is 1. The molecule has 0 aliphatic carbocycles. The fourth-order valence-electron chi connectivity index (χ4n) is 4.28. The van der Waals surface area contributed by atoms with E-state index in [0.29, 0.717) is 11.3 Å². The van der Waals surface area contributed by atoms with Gasteiger partial charge in [-0.1, -0.05) is 12.1 Å². The van der Waals surface area contributed by atoms with Gasteiger partial charge >= 0.3 is 6.03 Å². The zero-order valence-corrected chi connectivity index (χ0v) is 18.3. The van der Waals surface area contributed by atoms with Gasteiger partial charge in [0.2, 0.25) is 0 Å². The first-order valence-corrected chi connectivity index (χ1v) is 10.8. The van der Waals surface area contributed by atoms with Crippen LogP contribution in [-0.2, 0) is 4.74 Å². The van der Waals surface area contributed by atoms with Gasteiger partial charge in [0.15, 0.2) is 0 Å². The zero-order valence-electron chi connectivity index (χ0n) is 18.3. The Morgan fingerprint density at radius 3 is 2.60 bits per heavy atom. The van der Waals surface area contributed by atoms with Crippen molar-refractivity contribution in [3.05, 3.63) is 29.8 Å². The molecule has 0 radical (unpaired) electrons. The molecule has 0 spiro atoms. The van der Waals surface area contributed by atoms with E-state index in [2.05, 4.69) is 10.2 Å². The maximum Gasteiger partial charge on any atom is 0.320 e. The number of methoxy groups -OCH3 is 2. The van der Waals surface area contributed by atoms with Crippen LogP contribution in [0.1, 0.15) is 30.1 Å². The maximum atomic E-state index is 12.7. The summed E-state index contributed by atoms with van der Waals surface area (Å²) in [6.07, 6.45) is 1.70. The third-order valence-electron chi connectivity index (χ3n) is 6.08. The number of ether oxygens (including phenoxy) is 2. The molecule has 1 N–H and O–H groups in total. The summed E-state index contributed by atoms with van der Waals surface area (Å²) in [4.78, 5) is 31.1. The van der Waals surface area contributed by atoms with Crippen LogP contribution in [0, 0.1) is 0 Å². The van der Waals surface area contributed by atoms with Crippen LogP contribution >= 0.6 is 0 Å². The number of urea groups is 1. The van der Waals surface area contributed by atoms with Gasteiger partial charge in [-0.25, -0.2) is 4.79 Å². The van der Waals surface area contributed by atoms with Gasteiger partial charge in [-0.15, -0.1) is 0 Å². The first-order valence-electron chi connectivity index (χ1n) is 10.8. The molecule has 2 saturated heterocycles. The minimum atomic E-state index is -0.138. The second-order valence-corrected chi connectivity index (χ2v) is 7.85. The van der Waals surface area contributed by atoms with Crippen molar-refractivity contribution in [1.29, 1.82) is 0 Å². The van der Waals surface area contributed by atoms with E-state index in [-0.39, 0.29) is 24.1 Å². The molecular formula is C22H34N4O4. The molecule has 30 heavy (non-hydrogen) atoms. The Balaban J connectivity index is 1.46. The smallest absolute Gasteiger partial charge is 0.320 e. The number of nitrogens with zero attached hydrogens (tertiary/aromatic N) is 3. The van der Waals surface area contributed by atoms with Crippen molar-refractivity contribution in [2.75, 3.05) is 60.0 Å². The van der Waals surface area contributed by atoms with Gasteiger partial charge in [0.05, 0.1) is 24.8 Å². The number of benzene rings is 1. The summed E-state index contributed by atoms with van der Waals surface area (Å²) in [6.45, 7) is 7.82. The molecule has 0 aromatic heterocycles. The highest BCUT2D eigenvalue weighted by Crippen LogP contribution is 2.20. The van der Waals surface area contributed by atoms with E-state index < -0.39 is 0 Å². The van der Waals surface area contributed by atoms with Crippen LogP contribution in [0.5, 0.6) is 5.75 Å². The molecule has 1 aromatic rings. The molecule has 2 aliphatic heterocycles. The Morgan fingerprint density at radius 2 is 1.90 bits per heavy atom. The number of para-hydroxylation sites is 1. The molecule has 2 unspecified atom stereocenters. The van der Waals surface area contributed by atoms with Gasteiger partial charge in [0, 0.05) is 46.4 Å². The van der Waals surface area contributed by atoms with Crippen LogP contribution in [-0.4, -0.2) is 98.8 Å². The monoisotopic (exact) mass is 418 g/mol. The third-order valence-corrected chi connectivity index (χ3v) is 6.08. The molecule has 2 atom stereocenters. The van der Waals surface area contributed by atoms with Gasteiger partial charge in [0.1, 0.15) is 5.75 Å². The van der Waals surface area contributed by atoms with Gasteiger partial charge < -0.3 is 29.5 Å². The minimum Gasteiger partial charge on any atom is -0.496 e. The number of carbonyl (C=O) groups excluding carboxylic acids is 2. The summed E-state index contributed by atoms with van der Waals surface area (Å²) in [5.74, 6) is 0.431. The summed E-state index contributed by atoms with van der Waals surface area (Å²) in [7, 11) is 3.26. The SMILES string of the molecule is CCN1CCN(CCCN2CCC(NC(=O)c3ccccc3OC)C(OC)C2)C1=O. The Hall–Kier alpha value is -2.32. The average molecular weight is 419 g/mol. The lowest BCUT2D eigenvalue weighted by atomic mass is 10.0. The number of likely N-dealkylation sites (tertiary alicyclic amines) is 1. The van der Waals surface area contributed by atoms with E-state index in [4.69, 9.17) is 9.47 Å². The maximum absolute atomic E-state index is 12.7. The summed E-state index contributed by atoms with van der Waals surface area (Å²) in [5.41, 5.74) is 0.536. The molecule has 0 bridgehead atoms. The molecule has 3 amide bonds. The van der Waals surface area contributed by atoms with Crippen LogP contribution in [0.4, 0.5) is 4.79 Å². The van der Waals surface area contributed by atoms with Crippen LogP contribution in [0.25, 0.3) is 0 Å². The van der Waals surface area contributed by atoms with Crippen LogP contribution < -0.4 is 10.1 Å². The lowest BCUT2D eigenvalue weighted by Crippen LogP contribution is -2.55. The summed E-state index contributed by atoms with van der Waals surface area (Å²) < 4.78 is 11.0. The molecule has 2 heterocycles. The van der Waals surface area contributed by atoms with E-state index in [1.54, 1.807) is 26.4 Å². The van der Waals surface area contributed by atoms with Crippen molar-refractivity contribution in [2.24, 2.45) is 0 Å². The number of carbonyl (C=O) groups is 2. The van der Waals surface area contributed by atoms with Gasteiger partial charge in [-0.05, 0) is 38.4 Å². The quantitative estimate of drug-likeness (QED) is 0.660. The molecule has 2 aliphatic rings. The van der Waals surface area contributed by atoms with Crippen molar-refractivity contribution in [2.45, 2.75) is 31.9 Å². The highest BCUT2D eigenvalue weighted by molar-refractivity contribution is 5.97. The number of rotatable bonds is 9. The van der Waals surface area contributed by atoms with Gasteiger partial charge in [-0.2, -0.15) is 0 Å². The van der Waals surface area contributed by atoms with Crippen molar-refractivity contribution >= 4 is 11.9 Å². The predicted octanol–water partition coefficient (Wildman–Crippen LogP) is 1.66. The number of nitrogens with one attached hydrogen (secondary N) is 1. The van der Waals surface area contributed by atoms with Crippen molar-refractivity contribution in [3.63, 3.8) is 0 Å². The minimum absolute atomic E-state index is 0.0399. The van der Waals surface area contributed by atoms with Crippen molar-refractivity contribution in [3.8, 4) is 5.75 Å². The van der Waals surface area contributed by atoms with E-state index in [9.17, 15) is 9.59 Å². The molecule has 166 valence electrons. The van der Waals surface area contributed by atoms with Crippen LogP contribution in [0.15, 0.2) is 24.3 Å². The van der Waals surface area contributed by atoms with E-state index >= 15 is 0 Å². The Morgan fingerprint density at radius 1 is 1.13 bits per heavy atom. The predicted molar refractivity (Wildman–Crippen MR) is 115 cm³/mol. The number of piperidine rings is 1. The summed E-state index contributed by atoms with van der Waals surface area (Å²) >= 11 is 0. The van der Waals surface area contributed by atoms with Gasteiger partial charge in [-0.3, -0.25) is 4.79 Å². The van der Waals surface area contributed by atoms with Crippen LogP contribution in [0.3, 0.4) is 0 Å². The zero-order chi connectivity index (χ0) is 21.5. The average Bonchev–Trinajstić information content (AvgIpc) is 3.13. The second-order valence-electron chi connectivity index (χ2n) is 7.85. The molecule has 0 saturated carbocycles. The van der Waals surface area contributed by atoms with Crippen molar-refractivity contribution < 1.29 is 19.1 Å². The standard InChI is InChI=1S/C22H34N4O4/c1-4-25-14-15-26(22(25)28)12-7-11-24-13-10-18(20(16-24)30-3)23-21(27)17-8-5-6-9-19(17)29-2/h5-6,8-9,18,20H,4,7,10-16H2,1-3H3,(H,23,27).